The molecule has 2 atom stereocenters. The van der Waals surface area contributed by atoms with Gasteiger partial charge in [-0.2, -0.15) is 4.31 Å². The number of rotatable bonds is 4. The average Bonchev–Trinajstić information content (AvgIpc) is 3.08. The Morgan fingerprint density at radius 1 is 1.22 bits per heavy atom. The molecule has 1 amide bonds. The summed E-state index contributed by atoms with van der Waals surface area (Å²) in [6, 6.07) is 3.66. The van der Waals surface area contributed by atoms with Crippen molar-refractivity contribution in [3.05, 3.63) is 17.0 Å². The molecule has 3 rings (SSSR count). The van der Waals surface area contributed by atoms with E-state index in [1.165, 1.54) is 15.6 Å². The summed E-state index contributed by atoms with van der Waals surface area (Å²) in [5.41, 5.74) is 5.98. The molecule has 2 fully saturated rings. The lowest BCUT2D eigenvalue weighted by Crippen LogP contribution is -2.49. The topological polar surface area (TPSA) is 83.7 Å². The van der Waals surface area contributed by atoms with Crippen molar-refractivity contribution in [1.29, 1.82) is 0 Å². The number of carbonyl (C=O) groups is 1. The van der Waals surface area contributed by atoms with Crippen LogP contribution in [0.2, 0.25) is 0 Å². The van der Waals surface area contributed by atoms with Crippen LogP contribution in [0.1, 0.15) is 37.5 Å². The molecule has 2 N–H and O–H groups in total. The van der Waals surface area contributed by atoms with Crippen molar-refractivity contribution < 1.29 is 13.2 Å². The molecule has 27 heavy (non-hydrogen) atoms. The molecule has 0 saturated carbocycles. The van der Waals surface area contributed by atoms with Crippen LogP contribution in [-0.4, -0.2) is 55.8 Å². The molecule has 0 radical (unpaired) electrons. The molecule has 1 aromatic rings. The summed E-state index contributed by atoms with van der Waals surface area (Å²) in [6.07, 6.45) is 3.37. The van der Waals surface area contributed by atoms with Crippen LogP contribution in [0.25, 0.3) is 0 Å². The molecule has 9 heteroatoms. The Morgan fingerprint density at radius 2 is 1.89 bits per heavy atom. The lowest BCUT2D eigenvalue weighted by atomic mass is 9.89. The fourth-order valence-electron chi connectivity index (χ4n) is 3.94. The van der Waals surface area contributed by atoms with Gasteiger partial charge in [-0.1, -0.05) is 0 Å². The zero-order valence-electron chi connectivity index (χ0n) is 16.0. The van der Waals surface area contributed by atoms with E-state index < -0.39 is 10.0 Å². The number of hydrogen-bond acceptors (Lipinski definition) is 5. The van der Waals surface area contributed by atoms with Crippen LogP contribution in [0.3, 0.4) is 0 Å². The molecular formula is C18H30ClN3O3S2. The van der Waals surface area contributed by atoms with Gasteiger partial charge in [0.15, 0.2) is 0 Å². The van der Waals surface area contributed by atoms with Crippen molar-refractivity contribution in [2.24, 2.45) is 17.6 Å². The quantitative estimate of drug-likeness (QED) is 0.787. The molecule has 2 aliphatic rings. The SMILES string of the molecule is Cc1ccc(S(=O)(=O)N2CCCC(C(=O)N3CCC(C(C)N)CC3)C2)s1.Cl. The van der Waals surface area contributed by atoms with Crippen molar-refractivity contribution >= 4 is 39.7 Å². The number of nitrogens with zero attached hydrogens (tertiary/aromatic N) is 2. The third-order valence-corrected chi connectivity index (χ3v) is 8.97. The van der Waals surface area contributed by atoms with E-state index in [9.17, 15) is 13.2 Å². The van der Waals surface area contributed by atoms with Crippen molar-refractivity contribution in [3.8, 4) is 0 Å². The van der Waals surface area contributed by atoms with Crippen LogP contribution in [0, 0.1) is 18.8 Å². The summed E-state index contributed by atoms with van der Waals surface area (Å²) in [6.45, 7) is 6.19. The summed E-state index contributed by atoms with van der Waals surface area (Å²) < 4.78 is 27.6. The molecular weight excluding hydrogens is 406 g/mol. The van der Waals surface area contributed by atoms with E-state index in [4.69, 9.17) is 5.73 Å². The second-order valence-electron chi connectivity index (χ2n) is 7.59. The minimum absolute atomic E-state index is 0. The predicted octanol–water partition coefficient (Wildman–Crippen LogP) is 2.46. The number of aryl methyl sites for hydroxylation is 1. The minimum Gasteiger partial charge on any atom is -0.342 e. The van der Waals surface area contributed by atoms with Crippen LogP contribution < -0.4 is 5.73 Å². The first-order valence-electron chi connectivity index (χ1n) is 9.40. The average molecular weight is 436 g/mol. The van der Waals surface area contributed by atoms with Gasteiger partial charge in [0.25, 0.3) is 10.0 Å². The van der Waals surface area contributed by atoms with Crippen LogP contribution in [0.4, 0.5) is 0 Å². The van der Waals surface area contributed by atoms with Gasteiger partial charge in [-0.15, -0.1) is 23.7 Å². The lowest BCUT2D eigenvalue weighted by molar-refractivity contribution is -0.138. The number of sulfonamides is 1. The van der Waals surface area contributed by atoms with E-state index in [0.717, 1.165) is 43.6 Å². The van der Waals surface area contributed by atoms with Crippen LogP contribution in [0.5, 0.6) is 0 Å². The van der Waals surface area contributed by atoms with Gasteiger partial charge < -0.3 is 10.6 Å². The zero-order valence-corrected chi connectivity index (χ0v) is 18.4. The number of likely N-dealkylation sites (tertiary alicyclic amines) is 1. The first-order valence-corrected chi connectivity index (χ1v) is 11.7. The summed E-state index contributed by atoms with van der Waals surface area (Å²) in [4.78, 5) is 15.8. The van der Waals surface area contributed by atoms with Crippen LogP contribution in [0.15, 0.2) is 16.3 Å². The molecule has 154 valence electrons. The van der Waals surface area contributed by atoms with Crippen LogP contribution >= 0.6 is 23.7 Å². The fourth-order valence-corrected chi connectivity index (χ4v) is 6.91. The highest BCUT2D eigenvalue weighted by molar-refractivity contribution is 7.91. The Hall–Kier alpha value is -0.670. The highest BCUT2D eigenvalue weighted by Crippen LogP contribution is 2.29. The Kier molecular flexibility index (Phi) is 7.72. The van der Waals surface area contributed by atoms with Crippen molar-refractivity contribution in [2.75, 3.05) is 26.2 Å². The van der Waals surface area contributed by atoms with E-state index in [1.807, 2.05) is 24.8 Å². The van der Waals surface area contributed by atoms with E-state index in [0.29, 0.717) is 23.2 Å². The number of nitrogens with two attached hydrogens (primary N) is 1. The highest BCUT2D eigenvalue weighted by Gasteiger charge is 2.36. The van der Waals surface area contributed by atoms with E-state index in [-0.39, 0.29) is 30.3 Å². The van der Waals surface area contributed by atoms with Crippen molar-refractivity contribution in [2.45, 2.75) is 49.8 Å². The second kappa shape index (κ2) is 9.22. The molecule has 0 bridgehead atoms. The van der Waals surface area contributed by atoms with Crippen LogP contribution in [-0.2, 0) is 14.8 Å². The summed E-state index contributed by atoms with van der Waals surface area (Å²) in [5.74, 6) is 0.353. The molecule has 2 aliphatic heterocycles. The maximum absolute atomic E-state index is 12.9. The normalized spacial score (nSPS) is 23.7. The molecule has 2 saturated heterocycles. The van der Waals surface area contributed by atoms with Crippen molar-refractivity contribution in [3.63, 3.8) is 0 Å². The molecule has 0 aromatic carbocycles. The smallest absolute Gasteiger partial charge is 0.252 e. The van der Waals surface area contributed by atoms with Gasteiger partial charge >= 0.3 is 0 Å². The Bertz CT molecular complexity index is 743. The van der Waals surface area contributed by atoms with Gasteiger partial charge in [0.2, 0.25) is 5.91 Å². The third-order valence-electron chi connectivity index (χ3n) is 5.64. The molecule has 2 unspecified atom stereocenters. The second-order valence-corrected chi connectivity index (χ2v) is 11.0. The first kappa shape index (κ1) is 22.6. The van der Waals surface area contributed by atoms with Gasteiger partial charge in [-0.05, 0) is 57.6 Å². The minimum atomic E-state index is -3.49. The maximum Gasteiger partial charge on any atom is 0.252 e. The Balaban J connectivity index is 0.00000261. The zero-order chi connectivity index (χ0) is 18.9. The summed E-state index contributed by atoms with van der Waals surface area (Å²) in [5, 5.41) is 0. The monoisotopic (exact) mass is 435 g/mol. The molecule has 0 spiro atoms. The van der Waals surface area contributed by atoms with Gasteiger partial charge in [0.1, 0.15) is 4.21 Å². The maximum atomic E-state index is 12.9. The molecule has 6 nitrogen and oxygen atoms in total. The largest absolute Gasteiger partial charge is 0.342 e. The van der Waals surface area contributed by atoms with Gasteiger partial charge in [0, 0.05) is 37.1 Å². The van der Waals surface area contributed by atoms with E-state index >= 15 is 0 Å². The van der Waals surface area contributed by atoms with Gasteiger partial charge in [-0.3, -0.25) is 4.79 Å². The first-order chi connectivity index (χ1) is 12.3. The number of piperidine rings is 2. The Morgan fingerprint density at radius 3 is 2.44 bits per heavy atom. The Labute approximate surface area is 172 Å². The van der Waals surface area contributed by atoms with Gasteiger partial charge in [0.05, 0.1) is 5.92 Å². The molecule has 1 aromatic heterocycles. The standard InChI is InChI=1S/C18H29N3O3S2.ClH/c1-13-5-6-17(25-13)26(23,24)21-9-3-4-16(12-21)18(22)20-10-7-15(8-11-20)14(2)19;/h5-6,14-16H,3-4,7-12,19H2,1-2H3;1H. The number of thiophene rings is 1. The number of carbonyl (C=O) groups excluding carboxylic acids is 1. The van der Waals surface area contributed by atoms with E-state index in [2.05, 4.69) is 0 Å². The van der Waals surface area contributed by atoms with Crippen molar-refractivity contribution in [1.82, 2.24) is 9.21 Å². The highest BCUT2D eigenvalue weighted by atomic mass is 35.5. The third kappa shape index (κ3) is 5.03. The molecule has 0 aliphatic carbocycles. The number of halogens is 1. The van der Waals surface area contributed by atoms with Gasteiger partial charge in [-0.25, -0.2) is 8.42 Å². The van der Waals surface area contributed by atoms with E-state index in [1.54, 1.807) is 6.07 Å². The number of amides is 1. The fraction of sp³-hybridized carbons (Fsp3) is 0.722. The lowest BCUT2D eigenvalue weighted by Gasteiger charge is -2.38. The summed E-state index contributed by atoms with van der Waals surface area (Å²) >= 11 is 1.29. The summed E-state index contributed by atoms with van der Waals surface area (Å²) in [7, 11) is -3.49. The predicted molar refractivity (Wildman–Crippen MR) is 111 cm³/mol. The number of hydrogen-bond donors (Lipinski definition) is 1. The molecule has 3 heterocycles.